The fraction of sp³-hybridized carbons (Fsp3) is 0.423. The minimum absolute atomic E-state index is 0.0157. The number of carbonyl (C=O) groups is 1. The van der Waals surface area contributed by atoms with Crippen LogP contribution in [0.15, 0.2) is 48.2 Å². The van der Waals surface area contributed by atoms with Crippen LogP contribution in [0.4, 0.5) is 0 Å². The predicted octanol–water partition coefficient (Wildman–Crippen LogP) is 4.51. The number of ether oxygens (including phenoxy) is 5. The fourth-order valence-electron chi connectivity index (χ4n) is 4.28. The average Bonchev–Trinajstić information content (AvgIpc) is 2.82. The minimum atomic E-state index is -0.615. The van der Waals surface area contributed by atoms with Crippen molar-refractivity contribution in [2.75, 3.05) is 34.1 Å². The summed E-state index contributed by atoms with van der Waals surface area (Å²) in [5.41, 5.74) is 0.930. The molecule has 1 amide bonds. The van der Waals surface area contributed by atoms with Crippen LogP contribution >= 0.6 is 0 Å². The van der Waals surface area contributed by atoms with Gasteiger partial charge in [-0.15, -0.1) is 0 Å². The van der Waals surface area contributed by atoms with Crippen molar-refractivity contribution in [3.05, 3.63) is 59.4 Å². The lowest BCUT2D eigenvalue weighted by Gasteiger charge is -2.44. The van der Waals surface area contributed by atoms with Crippen molar-refractivity contribution in [1.82, 2.24) is 4.90 Å². The molecular formula is C26H31NO6. The number of likely N-dealkylation sites (tertiary alicyclic amines) is 1. The van der Waals surface area contributed by atoms with Gasteiger partial charge in [0, 0.05) is 44.2 Å². The highest BCUT2D eigenvalue weighted by atomic mass is 16.7. The summed E-state index contributed by atoms with van der Waals surface area (Å²) in [6.07, 6.45) is 3.28. The summed E-state index contributed by atoms with van der Waals surface area (Å²) in [5.74, 6) is 2.70. The van der Waals surface area contributed by atoms with Gasteiger partial charge in [-0.1, -0.05) is 18.2 Å². The zero-order chi connectivity index (χ0) is 23.4. The van der Waals surface area contributed by atoms with E-state index in [2.05, 4.69) is 0 Å². The van der Waals surface area contributed by atoms with Crippen molar-refractivity contribution < 1.29 is 28.5 Å². The molecule has 176 valence electrons. The van der Waals surface area contributed by atoms with Crippen molar-refractivity contribution in [3.8, 4) is 17.2 Å². The van der Waals surface area contributed by atoms with Crippen molar-refractivity contribution in [2.24, 2.45) is 0 Å². The summed E-state index contributed by atoms with van der Waals surface area (Å²) in [6, 6.07) is 13.2. The first-order valence-electron chi connectivity index (χ1n) is 11.2. The molecule has 0 unspecified atom stereocenters. The molecule has 33 heavy (non-hydrogen) atoms. The Morgan fingerprint density at radius 2 is 1.85 bits per heavy atom. The summed E-state index contributed by atoms with van der Waals surface area (Å²) in [4.78, 5) is 15.1. The number of hydrogen-bond donors (Lipinski definition) is 0. The molecule has 1 saturated heterocycles. The number of methoxy groups -OCH3 is 2. The van der Waals surface area contributed by atoms with Crippen LogP contribution in [0.25, 0.3) is 6.08 Å². The second-order valence-corrected chi connectivity index (χ2v) is 8.52. The summed E-state index contributed by atoms with van der Waals surface area (Å²) >= 11 is 0. The molecule has 2 heterocycles. The van der Waals surface area contributed by atoms with Gasteiger partial charge in [-0.2, -0.15) is 0 Å². The molecule has 1 fully saturated rings. The first-order chi connectivity index (χ1) is 16.0. The van der Waals surface area contributed by atoms with Gasteiger partial charge in [-0.25, -0.2) is 0 Å². The van der Waals surface area contributed by atoms with E-state index in [0.29, 0.717) is 43.0 Å². The number of piperidine rings is 1. The molecule has 2 aromatic carbocycles. The van der Waals surface area contributed by atoms with Crippen molar-refractivity contribution >= 4 is 12.0 Å². The van der Waals surface area contributed by atoms with E-state index in [0.717, 1.165) is 17.1 Å². The number of para-hydroxylation sites is 1. The Kier molecular flexibility index (Phi) is 6.79. The zero-order valence-corrected chi connectivity index (χ0v) is 19.6. The van der Waals surface area contributed by atoms with Crippen LogP contribution in [-0.4, -0.2) is 56.6 Å². The second-order valence-electron chi connectivity index (χ2n) is 8.52. The van der Waals surface area contributed by atoms with Gasteiger partial charge >= 0.3 is 0 Å². The molecular weight excluding hydrogens is 422 g/mol. The van der Waals surface area contributed by atoms with E-state index in [-0.39, 0.29) is 18.8 Å². The third-order valence-electron chi connectivity index (χ3n) is 5.92. The number of benzene rings is 2. The lowest BCUT2D eigenvalue weighted by molar-refractivity contribution is -0.0607. The number of rotatable bonds is 7. The summed E-state index contributed by atoms with van der Waals surface area (Å²) < 4.78 is 28.7. The molecule has 0 N–H and O–H groups in total. The fourth-order valence-corrected chi connectivity index (χ4v) is 4.28. The topological polar surface area (TPSA) is 66.5 Å². The quantitative estimate of drug-likeness (QED) is 0.575. The van der Waals surface area contributed by atoms with E-state index in [1.807, 2.05) is 49.1 Å². The van der Waals surface area contributed by atoms with Gasteiger partial charge in [0.05, 0.1) is 13.2 Å². The third kappa shape index (κ3) is 4.78. The van der Waals surface area contributed by atoms with Gasteiger partial charge in [0.1, 0.15) is 11.5 Å². The van der Waals surface area contributed by atoms with Crippen molar-refractivity contribution in [1.29, 1.82) is 0 Å². The number of fused-ring (bicyclic) bond motifs is 1. The molecule has 2 aliphatic heterocycles. The van der Waals surface area contributed by atoms with Gasteiger partial charge in [-0.3, -0.25) is 4.79 Å². The maximum Gasteiger partial charge on any atom is 0.253 e. The minimum Gasteiger partial charge on any atom is -0.493 e. The van der Waals surface area contributed by atoms with E-state index in [1.165, 1.54) is 0 Å². The van der Waals surface area contributed by atoms with Crippen LogP contribution in [-0.2, 0) is 9.47 Å². The maximum absolute atomic E-state index is 13.2. The molecule has 1 spiro atoms. The Morgan fingerprint density at radius 1 is 1.09 bits per heavy atom. The van der Waals surface area contributed by atoms with E-state index in [9.17, 15) is 4.79 Å². The number of carbonyl (C=O) groups excluding carboxylic acids is 1. The first-order valence-corrected chi connectivity index (χ1v) is 11.2. The van der Waals surface area contributed by atoms with Gasteiger partial charge < -0.3 is 28.6 Å². The monoisotopic (exact) mass is 453 g/mol. The molecule has 0 radical (unpaired) electrons. The SMILES string of the molecule is COCOC1=Cc2ccccc2OC12CCN(C(=O)c1ccc(OC(C)C)c(OC)c1)CC2. The third-order valence-corrected chi connectivity index (χ3v) is 5.92. The van der Waals surface area contributed by atoms with Gasteiger partial charge in [0.25, 0.3) is 5.91 Å². The number of hydrogen-bond acceptors (Lipinski definition) is 6. The molecule has 0 aromatic heterocycles. The molecule has 0 atom stereocenters. The Labute approximate surface area is 194 Å². The average molecular weight is 454 g/mol. The zero-order valence-electron chi connectivity index (χ0n) is 19.6. The standard InChI is InChI=1S/C26H31NO6/c1-18(2)32-22-10-9-20(15-23(22)30-4)25(28)27-13-11-26(12-14-27)24(31-17-29-3)16-19-7-5-6-8-21(19)33-26/h5-10,15-16,18H,11-14,17H2,1-4H3. The molecule has 7 heteroatoms. The maximum atomic E-state index is 13.2. The van der Waals surface area contributed by atoms with Crippen LogP contribution in [0.1, 0.15) is 42.6 Å². The molecule has 0 aliphatic carbocycles. The molecule has 0 saturated carbocycles. The molecule has 4 rings (SSSR count). The van der Waals surface area contributed by atoms with Crippen LogP contribution in [0.2, 0.25) is 0 Å². The highest BCUT2D eigenvalue weighted by Gasteiger charge is 2.45. The molecule has 2 aromatic rings. The molecule has 0 bridgehead atoms. The van der Waals surface area contributed by atoms with Crippen LogP contribution < -0.4 is 14.2 Å². The van der Waals surface area contributed by atoms with E-state index < -0.39 is 5.60 Å². The van der Waals surface area contributed by atoms with Crippen LogP contribution in [0.5, 0.6) is 17.2 Å². The lowest BCUT2D eigenvalue weighted by atomic mass is 9.86. The molecule has 7 nitrogen and oxygen atoms in total. The summed E-state index contributed by atoms with van der Waals surface area (Å²) in [5, 5.41) is 0. The first kappa shape index (κ1) is 23.0. The van der Waals surface area contributed by atoms with Gasteiger partial charge in [0.2, 0.25) is 0 Å². The van der Waals surface area contributed by atoms with Gasteiger partial charge in [-0.05, 0) is 44.2 Å². The number of amides is 1. The van der Waals surface area contributed by atoms with Crippen molar-refractivity contribution in [2.45, 2.75) is 38.4 Å². The second kappa shape index (κ2) is 9.75. The van der Waals surface area contributed by atoms with E-state index >= 15 is 0 Å². The van der Waals surface area contributed by atoms with Gasteiger partial charge in [0.15, 0.2) is 23.9 Å². The molecule has 2 aliphatic rings. The van der Waals surface area contributed by atoms with E-state index in [1.54, 1.807) is 32.4 Å². The normalized spacial score (nSPS) is 16.6. The van der Waals surface area contributed by atoms with Crippen molar-refractivity contribution in [3.63, 3.8) is 0 Å². The summed E-state index contributed by atoms with van der Waals surface area (Å²) in [7, 11) is 3.17. The van der Waals surface area contributed by atoms with Crippen LogP contribution in [0, 0.1) is 0 Å². The Bertz CT molecular complexity index is 1020. The highest BCUT2D eigenvalue weighted by Crippen LogP contribution is 2.42. The smallest absolute Gasteiger partial charge is 0.253 e. The Morgan fingerprint density at radius 3 is 2.55 bits per heavy atom. The van der Waals surface area contributed by atoms with Crippen LogP contribution in [0.3, 0.4) is 0 Å². The summed E-state index contributed by atoms with van der Waals surface area (Å²) in [6.45, 7) is 5.13. The highest BCUT2D eigenvalue weighted by molar-refractivity contribution is 5.95. The predicted molar refractivity (Wildman–Crippen MR) is 125 cm³/mol. The number of nitrogens with zero attached hydrogens (tertiary/aromatic N) is 1. The van der Waals surface area contributed by atoms with E-state index in [4.69, 9.17) is 23.7 Å². The Hall–Kier alpha value is -3.19. The largest absolute Gasteiger partial charge is 0.493 e. The lowest BCUT2D eigenvalue weighted by Crippen LogP contribution is -2.52. The Balaban J connectivity index is 1.50.